The first-order valence-electron chi connectivity index (χ1n) is 4.66. The van der Waals surface area contributed by atoms with Gasteiger partial charge < -0.3 is 10.1 Å². The Morgan fingerprint density at radius 1 is 1.42 bits per heavy atom. The van der Waals surface area contributed by atoms with Crippen molar-refractivity contribution >= 4 is 0 Å². The maximum atomic E-state index is 5.21. The van der Waals surface area contributed by atoms with Gasteiger partial charge in [0.1, 0.15) is 0 Å². The van der Waals surface area contributed by atoms with Gasteiger partial charge in [-0.3, -0.25) is 0 Å². The summed E-state index contributed by atoms with van der Waals surface area (Å²) in [5.41, 5.74) is 0. The van der Waals surface area contributed by atoms with Gasteiger partial charge in [-0.1, -0.05) is 19.9 Å². The molecule has 0 fully saturated rings. The van der Waals surface area contributed by atoms with Crippen LogP contribution in [-0.2, 0) is 4.74 Å². The lowest BCUT2D eigenvalue weighted by molar-refractivity contribution is 0.164. The smallest absolute Gasteiger partial charge is 0.0645 e. The zero-order valence-corrected chi connectivity index (χ0v) is 8.31. The molecule has 0 amide bonds. The predicted octanol–water partition coefficient (Wildman–Crippen LogP) is 1.82. The van der Waals surface area contributed by atoms with Crippen LogP contribution in [0.1, 0.15) is 20.3 Å². The molecule has 2 heteroatoms. The van der Waals surface area contributed by atoms with Gasteiger partial charge in [0.2, 0.25) is 0 Å². The Bertz CT molecular complexity index is 102. The molecule has 2 nitrogen and oxygen atoms in total. The number of hydrogen-bond acceptors (Lipinski definition) is 2. The van der Waals surface area contributed by atoms with Crippen LogP contribution < -0.4 is 5.32 Å². The Kier molecular flexibility index (Phi) is 8.51. The summed E-state index contributed by atoms with van der Waals surface area (Å²) >= 11 is 0. The Morgan fingerprint density at radius 2 is 2.17 bits per heavy atom. The van der Waals surface area contributed by atoms with Crippen LogP contribution in [-0.4, -0.2) is 26.3 Å². The maximum Gasteiger partial charge on any atom is 0.0645 e. The average Bonchev–Trinajstić information content (AvgIpc) is 2.02. The van der Waals surface area contributed by atoms with Crippen molar-refractivity contribution in [2.45, 2.75) is 20.3 Å². The molecule has 0 aromatic rings. The summed E-state index contributed by atoms with van der Waals surface area (Å²) in [5, 5.41) is 3.32. The van der Waals surface area contributed by atoms with E-state index in [4.69, 9.17) is 4.74 Å². The summed E-state index contributed by atoms with van der Waals surface area (Å²) in [7, 11) is 0. The van der Waals surface area contributed by atoms with Crippen LogP contribution in [0.15, 0.2) is 12.7 Å². The molecule has 0 aliphatic carbocycles. The van der Waals surface area contributed by atoms with Gasteiger partial charge in [0.05, 0.1) is 13.2 Å². The zero-order chi connectivity index (χ0) is 9.23. The van der Waals surface area contributed by atoms with E-state index < -0.39 is 0 Å². The quantitative estimate of drug-likeness (QED) is 0.444. The van der Waals surface area contributed by atoms with Gasteiger partial charge in [-0.2, -0.15) is 0 Å². The van der Waals surface area contributed by atoms with Gasteiger partial charge in [-0.25, -0.2) is 0 Å². The second-order valence-corrected chi connectivity index (χ2v) is 3.30. The third-order valence-corrected chi connectivity index (χ3v) is 1.56. The van der Waals surface area contributed by atoms with Gasteiger partial charge in [0.25, 0.3) is 0 Å². The van der Waals surface area contributed by atoms with Crippen LogP contribution in [0.2, 0.25) is 0 Å². The minimum atomic E-state index is 0.659. The van der Waals surface area contributed by atoms with Crippen molar-refractivity contribution in [3.8, 4) is 0 Å². The second kappa shape index (κ2) is 8.75. The van der Waals surface area contributed by atoms with E-state index >= 15 is 0 Å². The number of rotatable bonds is 8. The fraction of sp³-hybridized carbons (Fsp3) is 0.800. The summed E-state index contributed by atoms with van der Waals surface area (Å²) in [6.45, 7) is 11.5. The summed E-state index contributed by atoms with van der Waals surface area (Å²) in [6.07, 6.45) is 3.01. The van der Waals surface area contributed by atoms with Crippen LogP contribution in [0, 0.1) is 5.92 Å². The molecule has 0 radical (unpaired) electrons. The van der Waals surface area contributed by atoms with E-state index in [1.807, 2.05) is 0 Å². The summed E-state index contributed by atoms with van der Waals surface area (Å²) in [6, 6.07) is 0. The lowest BCUT2D eigenvalue weighted by atomic mass is 10.1. The first-order chi connectivity index (χ1) is 5.77. The second-order valence-electron chi connectivity index (χ2n) is 3.30. The molecule has 0 saturated heterocycles. The lowest BCUT2D eigenvalue weighted by Crippen LogP contribution is -2.21. The fourth-order valence-electron chi connectivity index (χ4n) is 0.827. The lowest BCUT2D eigenvalue weighted by Gasteiger charge is -2.06. The monoisotopic (exact) mass is 171 g/mol. The summed E-state index contributed by atoms with van der Waals surface area (Å²) < 4.78 is 5.21. The Labute approximate surface area is 76.0 Å². The van der Waals surface area contributed by atoms with Gasteiger partial charge in [0.15, 0.2) is 0 Å². The molecule has 0 bridgehead atoms. The average molecular weight is 171 g/mol. The van der Waals surface area contributed by atoms with E-state index in [1.165, 1.54) is 6.42 Å². The molecule has 0 rings (SSSR count). The van der Waals surface area contributed by atoms with Crippen molar-refractivity contribution in [2.75, 3.05) is 26.3 Å². The number of nitrogens with one attached hydrogen (secondary N) is 1. The molecular formula is C10H21NO. The first-order valence-corrected chi connectivity index (χ1v) is 4.66. The van der Waals surface area contributed by atoms with Crippen molar-refractivity contribution < 1.29 is 4.74 Å². The summed E-state index contributed by atoms with van der Waals surface area (Å²) in [5.74, 6) is 0.784. The van der Waals surface area contributed by atoms with E-state index in [2.05, 4.69) is 25.7 Å². The minimum Gasteiger partial charge on any atom is -0.376 e. The highest BCUT2D eigenvalue weighted by atomic mass is 16.5. The molecule has 0 atom stereocenters. The van der Waals surface area contributed by atoms with Crippen LogP contribution in [0.4, 0.5) is 0 Å². The molecule has 0 aromatic heterocycles. The van der Waals surface area contributed by atoms with Crippen LogP contribution in [0.5, 0.6) is 0 Å². The van der Waals surface area contributed by atoms with Crippen molar-refractivity contribution in [1.82, 2.24) is 5.32 Å². The highest BCUT2D eigenvalue weighted by Crippen LogP contribution is 1.95. The minimum absolute atomic E-state index is 0.659. The normalized spacial score (nSPS) is 10.6. The molecule has 0 spiro atoms. The SMILES string of the molecule is C=CCOCCNCCC(C)C. The molecule has 0 saturated carbocycles. The van der Waals surface area contributed by atoms with Crippen molar-refractivity contribution in [2.24, 2.45) is 5.92 Å². The number of ether oxygens (including phenoxy) is 1. The van der Waals surface area contributed by atoms with Crippen molar-refractivity contribution in [3.63, 3.8) is 0 Å². The van der Waals surface area contributed by atoms with E-state index in [9.17, 15) is 0 Å². The highest BCUT2D eigenvalue weighted by Gasteiger charge is 1.92. The Hall–Kier alpha value is -0.340. The van der Waals surface area contributed by atoms with Gasteiger partial charge >= 0.3 is 0 Å². The largest absolute Gasteiger partial charge is 0.376 e. The van der Waals surface area contributed by atoms with Crippen LogP contribution >= 0.6 is 0 Å². The van der Waals surface area contributed by atoms with E-state index in [0.717, 1.165) is 25.6 Å². The van der Waals surface area contributed by atoms with Gasteiger partial charge in [-0.05, 0) is 18.9 Å². The molecule has 0 unspecified atom stereocenters. The van der Waals surface area contributed by atoms with E-state index in [1.54, 1.807) is 6.08 Å². The third kappa shape index (κ3) is 9.66. The maximum absolute atomic E-state index is 5.21. The van der Waals surface area contributed by atoms with E-state index in [-0.39, 0.29) is 0 Å². The van der Waals surface area contributed by atoms with Gasteiger partial charge in [0, 0.05) is 6.54 Å². The highest BCUT2D eigenvalue weighted by molar-refractivity contribution is 4.63. The molecule has 0 aromatic carbocycles. The van der Waals surface area contributed by atoms with Crippen LogP contribution in [0.3, 0.4) is 0 Å². The third-order valence-electron chi connectivity index (χ3n) is 1.56. The number of hydrogen-bond donors (Lipinski definition) is 1. The topological polar surface area (TPSA) is 21.3 Å². The van der Waals surface area contributed by atoms with Crippen molar-refractivity contribution in [1.29, 1.82) is 0 Å². The first kappa shape index (κ1) is 11.7. The molecule has 72 valence electrons. The van der Waals surface area contributed by atoms with Crippen molar-refractivity contribution in [3.05, 3.63) is 12.7 Å². The van der Waals surface area contributed by atoms with E-state index in [0.29, 0.717) is 6.61 Å². The molecule has 0 aliphatic rings. The zero-order valence-electron chi connectivity index (χ0n) is 8.31. The fourth-order valence-corrected chi connectivity index (χ4v) is 0.827. The standard InChI is InChI=1S/C10H21NO/c1-4-8-12-9-7-11-6-5-10(2)3/h4,10-11H,1,5-9H2,2-3H3. The van der Waals surface area contributed by atoms with Crippen LogP contribution in [0.25, 0.3) is 0 Å². The molecule has 1 N–H and O–H groups in total. The summed E-state index contributed by atoms with van der Waals surface area (Å²) in [4.78, 5) is 0. The Morgan fingerprint density at radius 3 is 2.75 bits per heavy atom. The molecule has 0 heterocycles. The predicted molar refractivity (Wildman–Crippen MR) is 53.3 cm³/mol. The molecule has 0 aliphatic heterocycles. The molecular weight excluding hydrogens is 150 g/mol. The molecule has 12 heavy (non-hydrogen) atoms. The Balaban J connectivity index is 2.86. The van der Waals surface area contributed by atoms with Gasteiger partial charge in [-0.15, -0.1) is 6.58 Å².